The maximum Gasteiger partial charge on any atom is 0.416 e. The maximum atomic E-state index is 13.1. The molecule has 0 heterocycles. The Bertz CT molecular complexity index is 873. The lowest BCUT2D eigenvalue weighted by atomic mass is 10.1. The summed E-state index contributed by atoms with van der Waals surface area (Å²) in [7, 11) is 0. The average Bonchev–Trinajstić information content (AvgIpc) is 2.66. The first-order valence-electron chi connectivity index (χ1n) is 8.43. The van der Waals surface area contributed by atoms with Crippen molar-refractivity contribution in [3.05, 3.63) is 63.9 Å². The third-order valence-corrected chi connectivity index (χ3v) is 4.37. The van der Waals surface area contributed by atoms with Crippen molar-refractivity contribution in [2.75, 3.05) is 13.1 Å². The molecule has 2 aromatic rings. The van der Waals surface area contributed by atoms with Crippen LogP contribution in [-0.4, -0.2) is 31.0 Å². The van der Waals surface area contributed by atoms with Gasteiger partial charge < -0.3 is 15.4 Å². The summed E-state index contributed by atoms with van der Waals surface area (Å²) < 4.78 is 56.4. The summed E-state index contributed by atoms with van der Waals surface area (Å²) in [5, 5.41) is 5.04. The molecule has 156 valence electrons. The number of amides is 2. The molecule has 2 amide bonds. The molecule has 0 aliphatic heterocycles. The van der Waals surface area contributed by atoms with E-state index in [4.69, 9.17) is 4.74 Å². The number of ether oxygens (including phenoxy) is 1. The van der Waals surface area contributed by atoms with E-state index >= 15 is 0 Å². The van der Waals surface area contributed by atoms with Crippen LogP contribution in [0.15, 0.2) is 46.9 Å². The van der Waals surface area contributed by atoms with E-state index in [0.29, 0.717) is 10.2 Å². The minimum absolute atomic E-state index is 0.0680. The van der Waals surface area contributed by atoms with E-state index in [1.807, 2.05) is 0 Å². The van der Waals surface area contributed by atoms with E-state index < -0.39 is 35.5 Å². The van der Waals surface area contributed by atoms with Gasteiger partial charge in [0.05, 0.1) is 10.0 Å². The van der Waals surface area contributed by atoms with Gasteiger partial charge in [-0.1, -0.05) is 0 Å². The standard InChI is InChI=1S/C19H17BrF4N2O3/c1-11(29-16-7-6-14(21)10-15(16)20)17(27)25-8-9-26-18(28)12-2-4-13(5-3-12)19(22,23)24/h2-7,10-11H,8-9H2,1H3,(H,25,27)(H,26,28). The molecule has 0 aliphatic rings. The van der Waals surface area contributed by atoms with Gasteiger partial charge in [-0.05, 0) is 65.3 Å². The van der Waals surface area contributed by atoms with Crippen LogP contribution in [0.25, 0.3) is 0 Å². The maximum absolute atomic E-state index is 13.1. The molecular formula is C19H17BrF4N2O3. The number of benzene rings is 2. The molecule has 1 unspecified atom stereocenters. The van der Waals surface area contributed by atoms with E-state index in [1.54, 1.807) is 0 Å². The Morgan fingerprint density at radius 2 is 1.69 bits per heavy atom. The lowest BCUT2D eigenvalue weighted by Crippen LogP contribution is -2.40. The lowest BCUT2D eigenvalue weighted by Gasteiger charge is -2.16. The summed E-state index contributed by atoms with van der Waals surface area (Å²) in [6.07, 6.45) is -5.34. The van der Waals surface area contributed by atoms with E-state index in [0.717, 1.165) is 24.3 Å². The molecule has 0 aromatic heterocycles. The predicted molar refractivity (Wildman–Crippen MR) is 101 cm³/mol. The average molecular weight is 477 g/mol. The zero-order valence-corrected chi connectivity index (χ0v) is 16.7. The fourth-order valence-electron chi connectivity index (χ4n) is 2.23. The van der Waals surface area contributed by atoms with Gasteiger partial charge in [0.15, 0.2) is 6.10 Å². The van der Waals surface area contributed by atoms with Crippen molar-refractivity contribution in [2.45, 2.75) is 19.2 Å². The number of carbonyl (C=O) groups is 2. The normalized spacial score (nSPS) is 12.2. The zero-order chi connectivity index (χ0) is 21.6. The molecule has 0 radical (unpaired) electrons. The van der Waals surface area contributed by atoms with Gasteiger partial charge in [0.1, 0.15) is 11.6 Å². The van der Waals surface area contributed by atoms with Gasteiger partial charge >= 0.3 is 6.18 Å². The second kappa shape index (κ2) is 9.73. The summed E-state index contributed by atoms with van der Waals surface area (Å²) in [6, 6.07) is 7.58. The zero-order valence-electron chi connectivity index (χ0n) is 15.1. The third kappa shape index (κ3) is 6.74. The van der Waals surface area contributed by atoms with Crippen LogP contribution >= 0.6 is 15.9 Å². The van der Waals surface area contributed by atoms with Crippen LogP contribution in [0.4, 0.5) is 17.6 Å². The van der Waals surface area contributed by atoms with Crippen LogP contribution in [-0.2, 0) is 11.0 Å². The molecule has 0 bridgehead atoms. The SMILES string of the molecule is CC(Oc1ccc(F)cc1Br)C(=O)NCCNC(=O)c1ccc(C(F)(F)F)cc1. The number of hydrogen-bond donors (Lipinski definition) is 2. The number of alkyl halides is 3. The van der Waals surface area contributed by atoms with E-state index in [-0.39, 0.29) is 18.7 Å². The first-order chi connectivity index (χ1) is 13.6. The molecule has 2 N–H and O–H groups in total. The van der Waals surface area contributed by atoms with Crippen LogP contribution in [0.2, 0.25) is 0 Å². The Labute approximate surface area is 172 Å². The molecule has 0 aliphatic carbocycles. The van der Waals surface area contributed by atoms with Crippen LogP contribution in [0, 0.1) is 5.82 Å². The van der Waals surface area contributed by atoms with Gasteiger partial charge in [0.25, 0.3) is 11.8 Å². The van der Waals surface area contributed by atoms with Crippen molar-refractivity contribution >= 4 is 27.7 Å². The summed E-state index contributed by atoms with van der Waals surface area (Å²) in [5.41, 5.74) is -0.773. The molecule has 0 saturated heterocycles. The molecule has 29 heavy (non-hydrogen) atoms. The molecule has 2 rings (SSSR count). The van der Waals surface area contributed by atoms with E-state index in [1.165, 1.54) is 25.1 Å². The van der Waals surface area contributed by atoms with Gasteiger partial charge in [-0.2, -0.15) is 13.2 Å². The van der Waals surface area contributed by atoms with Crippen molar-refractivity contribution in [3.63, 3.8) is 0 Å². The highest BCUT2D eigenvalue weighted by molar-refractivity contribution is 9.10. The van der Waals surface area contributed by atoms with Gasteiger partial charge in [-0.3, -0.25) is 9.59 Å². The van der Waals surface area contributed by atoms with Crippen molar-refractivity contribution in [3.8, 4) is 5.75 Å². The third-order valence-electron chi connectivity index (χ3n) is 3.75. The van der Waals surface area contributed by atoms with Gasteiger partial charge in [0.2, 0.25) is 0 Å². The molecule has 5 nitrogen and oxygen atoms in total. The molecule has 0 saturated carbocycles. The molecular weight excluding hydrogens is 460 g/mol. The second-order valence-electron chi connectivity index (χ2n) is 5.96. The van der Waals surface area contributed by atoms with E-state index in [9.17, 15) is 27.2 Å². The topological polar surface area (TPSA) is 67.4 Å². The van der Waals surface area contributed by atoms with Crippen LogP contribution < -0.4 is 15.4 Å². The Kier molecular flexibility index (Phi) is 7.60. The molecule has 1 atom stereocenters. The summed E-state index contributed by atoms with van der Waals surface area (Å²) in [6.45, 7) is 1.66. The van der Waals surface area contributed by atoms with Gasteiger partial charge in [-0.15, -0.1) is 0 Å². The van der Waals surface area contributed by atoms with Crippen molar-refractivity contribution in [2.24, 2.45) is 0 Å². The first-order valence-corrected chi connectivity index (χ1v) is 9.22. The fourth-order valence-corrected chi connectivity index (χ4v) is 2.68. The monoisotopic (exact) mass is 476 g/mol. The molecule has 0 fully saturated rings. The van der Waals surface area contributed by atoms with Crippen molar-refractivity contribution in [1.82, 2.24) is 10.6 Å². The highest BCUT2D eigenvalue weighted by atomic mass is 79.9. The minimum atomic E-state index is -4.47. The number of halogens is 5. The Balaban J connectivity index is 1.76. The number of hydrogen-bond acceptors (Lipinski definition) is 3. The minimum Gasteiger partial charge on any atom is -0.480 e. The lowest BCUT2D eigenvalue weighted by molar-refractivity contribution is -0.137. The largest absolute Gasteiger partial charge is 0.480 e. The first kappa shape index (κ1) is 22.7. The molecule has 10 heteroatoms. The fraction of sp³-hybridized carbons (Fsp3) is 0.263. The van der Waals surface area contributed by atoms with Crippen LogP contribution in [0.3, 0.4) is 0 Å². The Morgan fingerprint density at radius 1 is 1.07 bits per heavy atom. The summed E-state index contributed by atoms with van der Waals surface area (Å²) in [5.74, 6) is -1.17. The summed E-state index contributed by atoms with van der Waals surface area (Å²) >= 11 is 3.14. The van der Waals surface area contributed by atoms with Gasteiger partial charge in [-0.25, -0.2) is 4.39 Å². The van der Waals surface area contributed by atoms with Gasteiger partial charge in [0, 0.05) is 18.7 Å². The highest BCUT2D eigenvalue weighted by Gasteiger charge is 2.30. The molecule has 2 aromatic carbocycles. The Morgan fingerprint density at radius 3 is 2.28 bits per heavy atom. The van der Waals surface area contributed by atoms with E-state index in [2.05, 4.69) is 26.6 Å². The Hall–Kier alpha value is -2.62. The summed E-state index contributed by atoms with van der Waals surface area (Å²) in [4.78, 5) is 24.0. The van der Waals surface area contributed by atoms with Crippen molar-refractivity contribution in [1.29, 1.82) is 0 Å². The number of rotatable bonds is 7. The quantitative estimate of drug-likeness (QED) is 0.470. The van der Waals surface area contributed by atoms with Crippen molar-refractivity contribution < 1.29 is 31.9 Å². The number of nitrogens with one attached hydrogen (secondary N) is 2. The second-order valence-corrected chi connectivity index (χ2v) is 6.81. The predicted octanol–water partition coefficient (Wildman–Crippen LogP) is 3.92. The molecule has 0 spiro atoms. The van der Waals surface area contributed by atoms with Crippen LogP contribution in [0.5, 0.6) is 5.75 Å². The number of carbonyl (C=O) groups excluding carboxylic acids is 2. The smallest absolute Gasteiger partial charge is 0.416 e. The highest BCUT2D eigenvalue weighted by Crippen LogP contribution is 2.29. The van der Waals surface area contributed by atoms with Crippen LogP contribution in [0.1, 0.15) is 22.8 Å².